The number of unbranched alkanes of at least 4 members (excludes halogenated alkanes) is 9. The number of rotatable bonds is 18. The molecule has 6 nitrogen and oxygen atoms in total. The molecule has 2 aromatic rings. The molecular weight excluding hydrogens is 512 g/mol. The van der Waals surface area contributed by atoms with E-state index in [4.69, 9.17) is 0 Å². The van der Waals surface area contributed by atoms with Gasteiger partial charge < -0.3 is 10.4 Å². The van der Waals surface area contributed by atoms with Gasteiger partial charge in [0.25, 0.3) is 0 Å². The van der Waals surface area contributed by atoms with Crippen LogP contribution in [0.15, 0.2) is 60.7 Å². The van der Waals surface area contributed by atoms with E-state index in [9.17, 15) is 19.5 Å². The Labute approximate surface area is 247 Å². The fraction of sp³-hybridized carbons (Fsp3) is 0.571. The van der Waals surface area contributed by atoms with Crippen molar-refractivity contribution in [1.29, 1.82) is 0 Å². The summed E-state index contributed by atoms with van der Waals surface area (Å²) in [6.45, 7) is 8.34. The lowest BCUT2D eigenvalue weighted by Crippen LogP contribution is -2.50. The van der Waals surface area contributed by atoms with E-state index < -0.39 is 29.9 Å². The fourth-order valence-corrected chi connectivity index (χ4v) is 5.20. The molecule has 0 bridgehead atoms. The largest absolute Gasteiger partial charge is 0.481 e. The topological polar surface area (TPSA) is 86.7 Å². The van der Waals surface area contributed by atoms with Crippen molar-refractivity contribution < 1.29 is 19.5 Å². The van der Waals surface area contributed by atoms with Crippen LogP contribution in [-0.2, 0) is 9.59 Å². The number of hydrogen-bond donors (Lipinski definition) is 2. The highest BCUT2D eigenvalue weighted by Gasteiger charge is 2.34. The van der Waals surface area contributed by atoms with E-state index in [1.165, 1.54) is 49.8 Å². The number of imide groups is 1. The molecule has 2 aromatic carbocycles. The molecule has 0 spiro atoms. The number of urea groups is 1. The van der Waals surface area contributed by atoms with Crippen LogP contribution < -0.4 is 5.32 Å². The van der Waals surface area contributed by atoms with Crippen LogP contribution in [0.1, 0.15) is 122 Å². The molecule has 2 rings (SSSR count). The molecule has 6 heteroatoms. The first kappa shape index (κ1) is 34.1. The number of carboxylic acid groups (broad SMARTS) is 1. The minimum absolute atomic E-state index is 0.197. The SMILES string of the molecule is CCCCCCCCCCCC[C@H](CC(=O)O)C(=O)N(CC(C)(C)C)C(=O)NC(c1ccccc1)c1ccccc1. The molecular formula is C35H52N2O4. The lowest BCUT2D eigenvalue weighted by atomic mass is 9.92. The van der Waals surface area contributed by atoms with Gasteiger partial charge in [0.1, 0.15) is 0 Å². The predicted molar refractivity (Wildman–Crippen MR) is 167 cm³/mol. The normalized spacial score (nSPS) is 12.2. The maximum absolute atomic E-state index is 13.8. The van der Waals surface area contributed by atoms with Crippen LogP contribution in [-0.4, -0.2) is 34.5 Å². The second kappa shape index (κ2) is 18.3. The van der Waals surface area contributed by atoms with Crippen LogP contribution >= 0.6 is 0 Å². The van der Waals surface area contributed by atoms with Gasteiger partial charge in [-0.1, -0.05) is 153 Å². The molecule has 3 amide bonds. The van der Waals surface area contributed by atoms with Crippen molar-refractivity contribution in [2.75, 3.05) is 6.54 Å². The maximum Gasteiger partial charge on any atom is 0.324 e. The lowest BCUT2D eigenvalue weighted by molar-refractivity contribution is -0.144. The van der Waals surface area contributed by atoms with Gasteiger partial charge in [0, 0.05) is 12.5 Å². The van der Waals surface area contributed by atoms with Gasteiger partial charge in [0.2, 0.25) is 5.91 Å². The van der Waals surface area contributed by atoms with Crippen molar-refractivity contribution in [3.8, 4) is 0 Å². The van der Waals surface area contributed by atoms with Gasteiger partial charge in [-0.05, 0) is 23.0 Å². The Bertz CT molecular complexity index is 994. The number of carbonyl (C=O) groups is 3. The minimum atomic E-state index is -1.02. The number of aliphatic carboxylic acids is 1. The average Bonchev–Trinajstić information content (AvgIpc) is 2.94. The van der Waals surface area contributed by atoms with Crippen molar-refractivity contribution in [2.24, 2.45) is 11.3 Å². The van der Waals surface area contributed by atoms with Gasteiger partial charge in [-0.2, -0.15) is 0 Å². The average molecular weight is 565 g/mol. The second-order valence-electron chi connectivity index (χ2n) is 12.5. The summed E-state index contributed by atoms with van der Waals surface area (Å²) in [7, 11) is 0. The molecule has 41 heavy (non-hydrogen) atoms. The van der Waals surface area contributed by atoms with Gasteiger partial charge in [0.05, 0.1) is 12.5 Å². The summed E-state index contributed by atoms with van der Waals surface area (Å²) in [4.78, 5) is 40.6. The van der Waals surface area contributed by atoms with Crippen LogP contribution in [0, 0.1) is 11.3 Å². The molecule has 2 N–H and O–H groups in total. The number of nitrogens with one attached hydrogen (secondary N) is 1. The summed E-state index contributed by atoms with van der Waals surface area (Å²) in [6, 6.07) is 18.4. The summed E-state index contributed by atoms with van der Waals surface area (Å²) in [5.41, 5.74) is 1.46. The van der Waals surface area contributed by atoms with Crippen LogP contribution in [0.5, 0.6) is 0 Å². The summed E-state index contributed by atoms with van der Waals surface area (Å²) in [6.07, 6.45) is 11.9. The fourth-order valence-electron chi connectivity index (χ4n) is 5.20. The first-order valence-corrected chi connectivity index (χ1v) is 15.6. The molecule has 0 saturated heterocycles. The number of carboxylic acids is 1. The Morgan fingerprint density at radius 1 is 0.756 bits per heavy atom. The molecule has 0 aliphatic rings. The Morgan fingerprint density at radius 3 is 1.66 bits per heavy atom. The van der Waals surface area contributed by atoms with E-state index in [0.29, 0.717) is 6.42 Å². The van der Waals surface area contributed by atoms with Crippen molar-refractivity contribution >= 4 is 17.9 Å². The molecule has 226 valence electrons. The molecule has 0 aliphatic carbocycles. The molecule has 0 radical (unpaired) electrons. The summed E-state index contributed by atoms with van der Waals surface area (Å²) >= 11 is 0. The van der Waals surface area contributed by atoms with Gasteiger partial charge in [0.15, 0.2) is 0 Å². The Hall–Kier alpha value is -3.15. The Morgan fingerprint density at radius 2 is 1.22 bits per heavy atom. The van der Waals surface area contributed by atoms with Gasteiger partial charge in [-0.15, -0.1) is 0 Å². The molecule has 0 saturated carbocycles. The zero-order chi connectivity index (χ0) is 30.1. The number of hydrogen-bond acceptors (Lipinski definition) is 3. The Balaban J connectivity index is 2.11. The molecule has 0 fully saturated rings. The zero-order valence-corrected chi connectivity index (χ0v) is 25.7. The summed E-state index contributed by atoms with van der Waals surface area (Å²) in [5.74, 6) is -2.16. The number of benzene rings is 2. The number of amides is 3. The van der Waals surface area contributed by atoms with Gasteiger partial charge in [-0.25, -0.2) is 4.79 Å². The highest BCUT2D eigenvalue weighted by Crippen LogP contribution is 2.26. The monoisotopic (exact) mass is 564 g/mol. The van der Waals surface area contributed by atoms with Crippen molar-refractivity contribution in [2.45, 2.75) is 111 Å². The zero-order valence-electron chi connectivity index (χ0n) is 25.7. The van der Waals surface area contributed by atoms with Crippen molar-refractivity contribution in [3.05, 3.63) is 71.8 Å². The van der Waals surface area contributed by atoms with Gasteiger partial charge >= 0.3 is 12.0 Å². The van der Waals surface area contributed by atoms with Crippen LogP contribution in [0.25, 0.3) is 0 Å². The van der Waals surface area contributed by atoms with E-state index in [1.54, 1.807) is 0 Å². The first-order chi connectivity index (χ1) is 19.6. The van der Waals surface area contributed by atoms with E-state index in [1.807, 2.05) is 81.4 Å². The standard InChI is InChI=1S/C35H52N2O4/c1-5-6-7-8-9-10-11-12-13-16-25-30(26-31(38)39)33(40)37(27-35(2,3)4)34(41)36-32(28-21-17-14-18-22-28)29-23-19-15-20-24-29/h14-15,17-24,30,32H,5-13,16,25-27H2,1-4H3,(H,36,41)(H,38,39)/t30-/m1/s1. The van der Waals surface area contributed by atoms with E-state index in [-0.39, 0.29) is 18.4 Å². The smallest absolute Gasteiger partial charge is 0.324 e. The van der Waals surface area contributed by atoms with Crippen LogP contribution in [0.3, 0.4) is 0 Å². The van der Waals surface area contributed by atoms with Gasteiger partial charge in [-0.3, -0.25) is 14.5 Å². The third-order valence-electron chi connectivity index (χ3n) is 7.35. The minimum Gasteiger partial charge on any atom is -0.481 e. The second-order valence-corrected chi connectivity index (χ2v) is 12.5. The third-order valence-corrected chi connectivity index (χ3v) is 7.35. The Kier molecular flexibility index (Phi) is 15.2. The quantitative estimate of drug-likeness (QED) is 0.177. The molecule has 0 unspecified atom stereocenters. The number of nitrogens with zero attached hydrogens (tertiary/aromatic N) is 1. The molecule has 0 aromatic heterocycles. The van der Waals surface area contributed by atoms with E-state index in [2.05, 4.69) is 12.2 Å². The molecule has 0 aliphatic heterocycles. The lowest BCUT2D eigenvalue weighted by Gasteiger charge is -2.32. The van der Waals surface area contributed by atoms with E-state index in [0.717, 1.165) is 30.4 Å². The maximum atomic E-state index is 13.8. The molecule has 1 atom stereocenters. The summed E-state index contributed by atoms with van der Waals surface area (Å²) < 4.78 is 0. The highest BCUT2D eigenvalue weighted by atomic mass is 16.4. The summed E-state index contributed by atoms with van der Waals surface area (Å²) in [5, 5.41) is 12.7. The highest BCUT2D eigenvalue weighted by molar-refractivity contribution is 5.97. The predicted octanol–water partition coefficient (Wildman–Crippen LogP) is 8.76. The van der Waals surface area contributed by atoms with E-state index >= 15 is 0 Å². The van der Waals surface area contributed by atoms with Crippen molar-refractivity contribution in [3.63, 3.8) is 0 Å². The first-order valence-electron chi connectivity index (χ1n) is 15.6. The third kappa shape index (κ3) is 13.4. The molecule has 0 heterocycles. The number of carbonyl (C=O) groups excluding carboxylic acids is 2. The van der Waals surface area contributed by atoms with Crippen LogP contribution in [0.2, 0.25) is 0 Å². The van der Waals surface area contributed by atoms with Crippen molar-refractivity contribution in [1.82, 2.24) is 10.2 Å². The van der Waals surface area contributed by atoms with Crippen LogP contribution in [0.4, 0.5) is 4.79 Å².